The zero-order valence-corrected chi connectivity index (χ0v) is 16.4. The SMILES string of the molecule is CC(C)C(NC(=O)Cn1cnc2ccccc2c1=O)c1ccc2c(c1)OCCO2. The van der Waals surface area contributed by atoms with E-state index in [9.17, 15) is 9.59 Å². The second-order valence-electron chi connectivity index (χ2n) is 7.39. The summed E-state index contributed by atoms with van der Waals surface area (Å²) < 4.78 is 12.6. The van der Waals surface area contributed by atoms with Gasteiger partial charge in [0, 0.05) is 0 Å². The quantitative estimate of drug-likeness (QED) is 0.721. The van der Waals surface area contributed by atoms with E-state index in [1.54, 1.807) is 18.2 Å². The highest BCUT2D eigenvalue weighted by Crippen LogP contribution is 2.34. The van der Waals surface area contributed by atoms with Crippen LogP contribution in [0.15, 0.2) is 53.6 Å². The summed E-state index contributed by atoms with van der Waals surface area (Å²) in [6, 6.07) is 12.6. The van der Waals surface area contributed by atoms with Crippen LogP contribution in [0.2, 0.25) is 0 Å². The minimum Gasteiger partial charge on any atom is -0.486 e. The lowest BCUT2D eigenvalue weighted by Gasteiger charge is -2.25. The predicted molar refractivity (Wildman–Crippen MR) is 109 cm³/mol. The number of hydrogen-bond donors (Lipinski definition) is 1. The molecule has 150 valence electrons. The Kier molecular flexibility index (Phi) is 5.20. The van der Waals surface area contributed by atoms with Gasteiger partial charge in [-0.25, -0.2) is 4.98 Å². The maximum absolute atomic E-state index is 12.7. The molecule has 0 saturated heterocycles. The van der Waals surface area contributed by atoms with Gasteiger partial charge in [0.2, 0.25) is 5.91 Å². The van der Waals surface area contributed by atoms with Crippen molar-refractivity contribution in [3.63, 3.8) is 0 Å². The zero-order valence-electron chi connectivity index (χ0n) is 16.4. The molecule has 4 rings (SSSR count). The van der Waals surface area contributed by atoms with Gasteiger partial charge in [0.1, 0.15) is 19.8 Å². The second-order valence-corrected chi connectivity index (χ2v) is 7.39. The first kappa shape index (κ1) is 19.0. The van der Waals surface area contributed by atoms with Crippen molar-refractivity contribution in [2.75, 3.05) is 13.2 Å². The number of benzene rings is 2. The van der Waals surface area contributed by atoms with Gasteiger partial charge in [-0.2, -0.15) is 0 Å². The molecule has 2 aromatic carbocycles. The number of hydrogen-bond acceptors (Lipinski definition) is 5. The Morgan fingerprint density at radius 2 is 1.90 bits per heavy atom. The highest BCUT2D eigenvalue weighted by Gasteiger charge is 2.22. The molecule has 1 aliphatic heterocycles. The lowest BCUT2D eigenvalue weighted by Crippen LogP contribution is -2.36. The van der Waals surface area contributed by atoms with Crippen molar-refractivity contribution in [1.29, 1.82) is 0 Å². The van der Waals surface area contributed by atoms with Gasteiger partial charge in [0.25, 0.3) is 5.56 Å². The first-order chi connectivity index (χ1) is 14.0. The maximum Gasteiger partial charge on any atom is 0.261 e. The lowest BCUT2D eigenvalue weighted by molar-refractivity contribution is -0.122. The van der Waals surface area contributed by atoms with E-state index in [1.807, 2.05) is 38.1 Å². The molecule has 0 bridgehead atoms. The maximum atomic E-state index is 12.7. The Morgan fingerprint density at radius 1 is 1.14 bits per heavy atom. The largest absolute Gasteiger partial charge is 0.486 e. The third kappa shape index (κ3) is 3.94. The monoisotopic (exact) mass is 393 g/mol. The summed E-state index contributed by atoms with van der Waals surface area (Å²) in [7, 11) is 0. The molecule has 1 aromatic heterocycles. The fraction of sp³-hybridized carbons (Fsp3) is 0.318. The van der Waals surface area contributed by atoms with Crippen LogP contribution in [0.1, 0.15) is 25.5 Å². The van der Waals surface area contributed by atoms with Crippen LogP contribution in [0, 0.1) is 5.92 Å². The highest BCUT2D eigenvalue weighted by molar-refractivity contribution is 5.79. The summed E-state index contributed by atoms with van der Waals surface area (Å²) in [4.78, 5) is 29.6. The predicted octanol–water partition coefficient (Wildman–Crippen LogP) is 2.68. The van der Waals surface area contributed by atoms with Crippen molar-refractivity contribution in [2.45, 2.75) is 26.4 Å². The van der Waals surface area contributed by atoms with Gasteiger partial charge in [0.15, 0.2) is 11.5 Å². The molecule has 1 atom stereocenters. The van der Waals surface area contributed by atoms with Gasteiger partial charge >= 0.3 is 0 Å². The Hall–Kier alpha value is -3.35. The van der Waals surface area contributed by atoms with Crippen LogP contribution in [-0.2, 0) is 11.3 Å². The molecular formula is C22H23N3O4. The van der Waals surface area contributed by atoms with Crippen molar-refractivity contribution < 1.29 is 14.3 Å². The lowest BCUT2D eigenvalue weighted by atomic mass is 9.95. The van der Waals surface area contributed by atoms with E-state index in [0.29, 0.717) is 35.6 Å². The van der Waals surface area contributed by atoms with E-state index in [1.165, 1.54) is 10.9 Å². The van der Waals surface area contributed by atoms with Crippen LogP contribution >= 0.6 is 0 Å². The van der Waals surface area contributed by atoms with Crippen LogP contribution in [0.3, 0.4) is 0 Å². The van der Waals surface area contributed by atoms with Crippen LogP contribution in [-0.4, -0.2) is 28.7 Å². The molecule has 0 fully saturated rings. The van der Waals surface area contributed by atoms with Crippen LogP contribution in [0.25, 0.3) is 10.9 Å². The molecule has 0 aliphatic carbocycles. The van der Waals surface area contributed by atoms with Gasteiger partial charge in [-0.05, 0) is 35.7 Å². The standard InChI is InChI=1S/C22H23N3O4/c1-14(2)21(15-7-8-18-19(11-15)29-10-9-28-18)24-20(26)12-25-13-23-17-6-4-3-5-16(17)22(25)27/h3-8,11,13-14,21H,9-10,12H2,1-2H3,(H,24,26). The van der Waals surface area contributed by atoms with E-state index in [0.717, 1.165) is 5.56 Å². The molecule has 1 aliphatic rings. The van der Waals surface area contributed by atoms with E-state index in [4.69, 9.17) is 9.47 Å². The molecular weight excluding hydrogens is 370 g/mol. The molecule has 0 saturated carbocycles. The molecule has 1 amide bonds. The van der Waals surface area contributed by atoms with E-state index in [-0.39, 0.29) is 30.0 Å². The number of carbonyl (C=O) groups is 1. The number of rotatable bonds is 5. The molecule has 7 heteroatoms. The first-order valence-electron chi connectivity index (χ1n) is 9.66. The van der Waals surface area contributed by atoms with Crippen LogP contribution in [0.4, 0.5) is 0 Å². The molecule has 1 N–H and O–H groups in total. The van der Waals surface area contributed by atoms with Gasteiger partial charge in [-0.15, -0.1) is 0 Å². The van der Waals surface area contributed by atoms with Gasteiger partial charge in [0.05, 0.1) is 23.3 Å². The molecule has 7 nitrogen and oxygen atoms in total. The minimum absolute atomic E-state index is 0.0928. The number of nitrogens with one attached hydrogen (secondary N) is 1. The number of aromatic nitrogens is 2. The Bertz CT molecular complexity index is 1110. The number of ether oxygens (including phenoxy) is 2. The number of carbonyl (C=O) groups excluding carboxylic acids is 1. The molecule has 29 heavy (non-hydrogen) atoms. The molecule has 0 spiro atoms. The first-order valence-corrected chi connectivity index (χ1v) is 9.66. The third-order valence-electron chi connectivity index (χ3n) is 4.95. The van der Waals surface area contributed by atoms with Gasteiger partial charge in [-0.3, -0.25) is 14.2 Å². The zero-order chi connectivity index (χ0) is 20.4. The summed E-state index contributed by atoms with van der Waals surface area (Å²) >= 11 is 0. The topological polar surface area (TPSA) is 82.5 Å². The van der Waals surface area contributed by atoms with Crippen molar-refractivity contribution in [3.05, 3.63) is 64.7 Å². The second kappa shape index (κ2) is 7.95. The summed E-state index contributed by atoms with van der Waals surface area (Å²) in [5.74, 6) is 1.29. The summed E-state index contributed by atoms with van der Waals surface area (Å²) in [6.07, 6.45) is 1.42. The molecule has 2 heterocycles. The highest BCUT2D eigenvalue weighted by atomic mass is 16.6. The van der Waals surface area contributed by atoms with E-state index >= 15 is 0 Å². The smallest absolute Gasteiger partial charge is 0.261 e. The molecule has 0 radical (unpaired) electrons. The van der Waals surface area contributed by atoms with Crippen molar-refractivity contribution in [3.8, 4) is 11.5 Å². The summed E-state index contributed by atoms with van der Waals surface area (Å²) in [5.41, 5.74) is 1.32. The van der Waals surface area contributed by atoms with Gasteiger partial charge in [-0.1, -0.05) is 32.0 Å². The number of amides is 1. The fourth-order valence-corrected chi connectivity index (χ4v) is 3.48. The van der Waals surface area contributed by atoms with Crippen molar-refractivity contribution in [1.82, 2.24) is 14.9 Å². The minimum atomic E-state index is -0.252. The number of para-hydroxylation sites is 1. The normalized spacial score (nSPS) is 14.0. The molecule has 3 aromatic rings. The Labute approximate surface area is 168 Å². The number of nitrogens with zero attached hydrogens (tertiary/aromatic N) is 2. The number of fused-ring (bicyclic) bond motifs is 2. The Balaban J connectivity index is 1.54. The average molecular weight is 393 g/mol. The van der Waals surface area contributed by atoms with E-state index < -0.39 is 0 Å². The van der Waals surface area contributed by atoms with Crippen LogP contribution < -0.4 is 20.3 Å². The van der Waals surface area contributed by atoms with E-state index in [2.05, 4.69) is 10.3 Å². The molecule has 1 unspecified atom stereocenters. The Morgan fingerprint density at radius 3 is 2.69 bits per heavy atom. The average Bonchev–Trinajstić information content (AvgIpc) is 2.73. The fourth-order valence-electron chi connectivity index (χ4n) is 3.48. The summed E-state index contributed by atoms with van der Waals surface area (Å²) in [6.45, 7) is 5.01. The third-order valence-corrected chi connectivity index (χ3v) is 4.95. The summed E-state index contributed by atoms with van der Waals surface area (Å²) in [5, 5.41) is 3.54. The van der Waals surface area contributed by atoms with Crippen molar-refractivity contribution in [2.24, 2.45) is 5.92 Å². The van der Waals surface area contributed by atoms with Crippen LogP contribution in [0.5, 0.6) is 11.5 Å². The van der Waals surface area contributed by atoms with Gasteiger partial charge < -0.3 is 14.8 Å². The van der Waals surface area contributed by atoms with Crippen molar-refractivity contribution >= 4 is 16.8 Å².